The predicted octanol–water partition coefficient (Wildman–Crippen LogP) is 3.19. The topological polar surface area (TPSA) is 111 Å². The van der Waals surface area contributed by atoms with Crippen LogP contribution in [0.4, 0.5) is 5.69 Å². The molecule has 4 rings (SSSR count). The summed E-state index contributed by atoms with van der Waals surface area (Å²) in [5.41, 5.74) is 4.86. The highest BCUT2D eigenvalue weighted by molar-refractivity contribution is 7.92. The fraction of sp³-hybridized carbons (Fsp3) is 0.174. The number of benzene rings is 1. The number of nitrogens with one attached hydrogen (secondary N) is 1. The van der Waals surface area contributed by atoms with E-state index in [0.717, 1.165) is 34.6 Å². The molecule has 0 aliphatic rings. The molecule has 0 atom stereocenters. The van der Waals surface area contributed by atoms with E-state index in [-0.39, 0.29) is 0 Å². The molecule has 0 aliphatic carbocycles. The Labute approximate surface area is 186 Å². The van der Waals surface area contributed by atoms with Crippen molar-refractivity contribution in [3.63, 3.8) is 0 Å². The minimum Gasteiger partial charge on any atom is -0.284 e. The molecule has 0 spiro atoms. The van der Waals surface area contributed by atoms with Gasteiger partial charge >= 0.3 is 0 Å². The Balaban J connectivity index is 1.47. The first-order chi connectivity index (χ1) is 15.3. The SMILES string of the molecule is Cc1cccc(-c2nccc(Cc3ccnc(Cc4ccc(NS(C)(=O)=O)cc4)n3)n2)n1. The largest absolute Gasteiger partial charge is 0.284 e. The molecular formula is C23H22N6O2S. The lowest BCUT2D eigenvalue weighted by atomic mass is 10.1. The molecule has 0 bridgehead atoms. The smallest absolute Gasteiger partial charge is 0.229 e. The Bertz CT molecular complexity index is 1340. The monoisotopic (exact) mass is 446 g/mol. The molecule has 0 amide bonds. The summed E-state index contributed by atoms with van der Waals surface area (Å²) in [5, 5.41) is 0. The van der Waals surface area contributed by atoms with E-state index in [9.17, 15) is 8.42 Å². The van der Waals surface area contributed by atoms with E-state index in [1.165, 1.54) is 0 Å². The van der Waals surface area contributed by atoms with Gasteiger partial charge in [0.25, 0.3) is 0 Å². The maximum absolute atomic E-state index is 11.3. The van der Waals surface area contributed by atoms with Crippen LogP contribution in [0, 0.1) is 6.92 Å². The van der Waals surface area contributed by atoms with Crippen molar-refractivity contribution in [3.8, 4) is 11.5 Å². The number of hydrogen-bond acceptors (Lipinski definition) is 7. The third kappa shape index (κ3) is 5.92. The van der Waals surface area contributed by atoms with Crippen LogP contribution in [0.1, 0.15) is 28.5 Å². The van der Waals surface area contributed by atoms with Gasteiger partial charge in [-0.25, -0.2) is 33.3 Å². The van der Waals surface area contributed by atoms with Crippen LogP contribution < -0.4 is 4.72 Å². The summed E-state index contributed by atoms with van der Waals surface area (Å²) in [7, 11) is -3.30. The molecule has 0 saturated carbocycles. The van der Waals surface area contributed by atoms with Gasteiger partial charge in [0.05, 0.1) is 17.6 Å². The minimum atomic E-state index is -3.30. The molecule has 0 fully saturated rings. The number of nitrogens with zero attached hydrogens (tertiary/aromatic N) is 5. The van der Waals surface area contributed by atoms with Gasteiger partial charge in [0, 0.05) is 36.6 Å². The molecule has 0 radical (unpaired) electrons. The van der Waals surface area contributed by atoms with Crippen molar-refractivity contribution in [1.82, 2.24) is 24.9 Å². The molecule has 1 aromatic carbocycles. The van der Waals surface area contributed by atoms with E-state index in [1.807, 2.05) is 49.4 Å². The lowest BCUT2D eigenvalue weighted by Crippen LogP contribution is -2.09. The van der Waals surface area contributed by atoms with Crippen LogP contribution >= 0.6 is 0 Å². The Morgan fingerprint density at radius 1 is 0.812 bits per heavy atom. The normalized spacial score (nSPS) is 11.3. The van der Waals surface area contributed by atoms with Gasteiger partial charge in [0.15, 0.2) is 5.82 Å². The van der Waals surface area contributed by atoms with Crippen LogP contribution in [0.25, 0.3) is 11.5 Å². The first-order valence-electron chi connectivity index (χ1n) is 9.97. The minimum absolute atomic E-state index is 0.522. The number of rotatable bonds is 7. The quantitative estimate of drug-likeness (QED) is 0.464. The van der Waals surface area contributed by atoms with E-state index in [0.29, 0.717) is 30.2 Å². The molecule has 8 nitrogen and oxygen atoms in total. The number of aryl methyl sites for hydroxylation is 1. The maximum Gasteiger partial charge on any atom is 0.229 e. The summed E-state index contributed by atoms with van der Waals surface area (Å²) in [6.07, 6.45) is 5.68. The van der Waals surface area contributed by atoms with Crippen LogP contribution in [0.15, 0.2) is 67.0 Å². The van der Waals surface area contributed by atoms with Gasteiger partial charge in [-0.1, -0.05) is 18.2 Å². The molecule has 0 aliphatic heterocycles. The fourth-order valence-corrected chi connectivity index (χ4v) is 3.75. The fourth-order valence-electron chi connectivity index (χ4n) is 3.18. The molecule has 162 valence electrons. The van der Waals surface area contributed by atoms with Gasteiger partial charge in [-0.2, -0.15) is 0 Å². The molecule has 3 heterocycles. The second-order valence-electron chi connectivity index (χ2n) is 7.42. The lowest BCUT2D eigenvalue weighted by Gasteiger charge is -2.07. The molecule has 4 aromatic rings. The van der Waals surface area contributed by atoms with E-state index >= 15 is 0 Å². The van der Waals surface area contributed by atoms with Gasteiger partial charge in [-0.05, 0) is 48.9 Å². The van der Waals surface area contributed by atoms with Crippen LogP contribution in [-0.4, -0.2) is 39.6 Å². The van der Waals surface area contributed by atoms with Crippen molar-refractivity contribution < 1.29 is 8.42 Å². The second-order valence-corrected chi connectivity index (χ2v) is 9.17. The van der Waals surface area contributed by atoms with Gasteiger partial charge in [0.1, 0.15) is 11.5 Å². The third-order valence-electron chi connectivity index (χ3n) is 4.58. The standard InChI is InChI=1S/C23H22N6O2S/c1-16-4-3-5-21(26-16)23-25-13-11-20(28-23)15-19-10-12-24-22(27-19)14-17-6-8-18(9-7-17)29-32(2,30)31/h3-13,29H,14-15H2,1-2H3. The average molecular weight is 447 g/mol. The summed E-state index contributed by atoms with van der Waals surface area (Å²) in [6, 6.07) is 16.7. The van der Waals surface area contributed by atoms with Gasteiger partial charge < -0.3 is 0 Å². The summed E-state index contributed by atoms with van der Waals surface area (Å²) >= 11 is 0. The Kier molecular flexibility index (Phi) is 6.18. The summed E-state index contributed by atoms with van der Waals surface area (Å²) < 4.78 is 25.1. The van der Waals surface area contributed by atoms with E-state index in [1.54, 1.807) is 24.5 Å². The highest BCUT2D eigenvalue weighted by Crippen LogP contribution is 2.15. The average Bonchev–Trinajstić information content (AvgIpc) is 2.75. The Hall–Kier alpha value is -3.72. The van der Waals surface area contributed by atoms with Crippen LogP contribution in [-0.2, 0) is 22.9 Å². The van der Waals surface area contributed by atoms with E-state index in [2.05, 4.69) is 29.6 Å². The molecule has 0 saturated heterocycles. The Morgan fingerprint density at radius 3 is 2.25 bits per heavy atom. The molecule has 9 heteroatoms. The number of sulfonamides is 1. The van der Waals surface area contributed by atoms with Crippen LogP contribution in [0.3, 0.4) is 0 Å². The van der Waals surface area contributed by atoms with Crippen molar-refractivity contribution >= 4 is 15.7 Å². The highest BCUT2D eigenvalue weighted by atomic mass is 32.2. The summed E-state index contributed by atoms with van der Waals surface area (Å²) in [4.78, 5) is 22.5. The lowest BCUT2D eigenvalue weighted by molar-refractivity contribution is 0.607. The van der Waals surface area contributed by atoms with Gasteiger partial charge in [-0.15, -0.1) is 0 Å². The molecule has 3 aromatic heterocycles. The summed E-state index contributed by atoms with van der Waals surface area (Å²) in [5.74, 6) is 1.27. The van der Waals surface area contributed by atoms with Crippen LogP contribution in [0.5, 0.6) is 0 Å². The zero-order valence-electron chi connectivity index (χ0n) is 17.7. The summed E-state index contributed by atoms with van der Waals surface area (Å²) in [6.45, 7) is 1.94. The van der Waals surface area contributed by atoms with E-state index in [4.69, 9.17) is 0 Å². The zero-order chi connectivity index (χ0) is 22.6. The second kappa shape index (κ2) is 9.19. The van der Waals surface area contributed by atoms with Crippen molar-refractivity contribution in [2.45, 2.75) is 19.8 Å². The van der Waals surface area contributed by atoms with Crippen molar-refractivity contribution in [1.29, 1.82) is 0 Å². The van der Waals surface area contributed by atoms with Crippen molar-refractivity contribution in [2.24, 2.45) is 0 Å². The molecule has 1 N–H and O–H groups in total. The number of pyridine rings is 1. The highest BCUT2D eigenvalue weighted by Gasteiger charge is 2.08. The molecule has 0 unspecified atom stereocenters. The van der Waals surface area contributed by atoms with Gasteiger partial charge in [-0.3, -0.25) is 4.72 Å². The number of hydrogen-bond donors (Lipinski definition) is 1. The van der Waals surface area contributed by atoms with Crippen molar-refractivity contribution in [3.05, 3.63) is 95.5 Å². The Morgan fingerprint density at radius 2 is 1.53 bits per heavy atom. The molecular weight excluding hydrogens is 424 g/mol. The first-order valence-corrected chi connectivity index (χ1v) is 11.9. The van der Waals surface area contributed by atoms with Crippen molar-refractivity contribution in [2.75, 3.05) is 11.0 Å². The number of aromatic nitrogens is 5. The zero-order valence-corrected chi connectivity index (χ0v) is 18.5. The van der Waals surface area contributed by atoms with Crippen LogP contribution in [0.2, 0.25) is 0 Å². The third-order valence-corrected chi connectivity index (χ3v) is 5.18. The van der Waals surface area contributed by atoms with Gasteiger partial charge in [0.2, 0.25) is 10.0 Å². The first kappa shape index (κ1) is 21.5. The van der Waals surface area contributed by atoms with E-state index < -0.39 is 10.0 Å². The predicted molar refractivity (Wildman–Crippen MR) is 123 cm³/mol. The molecule has 32 heavy (non-hydrogen) atoms. The maximum atomic E-state index is 11.3. The number of anilines is 1.